The lowest BCUT2D eigenvalue weighted by Crippen LogP contribution is -2.09. The molecule has 0 saturated heterocycles. The van der Waals surface area contributed by atoms with Gasteiger partial charge in [-0.1, -0.05) is 0 Å². The molecule has 0 aromatic heterocycles. The van der Waals surface area contributed by atoms with Gasteiger partial charge in [0.25, 0.3) is 0 Å². The predicted molar refractivity (Wildman–Crippen MR) is 36.8 cm³/mol. The van der Waals surface area contributed by atoms with E-state index in [1.807, 2.05) is 0 Å². The summed E-state index contributed by atoms with van der Waals surface area (Å²) in [5, 5.41) is 0. The molecule has 0 fully saturated rings. The largest absolute Gasteiger partial charge is 0.419 e. The Labute approximate surface area is 75.2 Å². The van der Waals surface area contributed by atoms with Crippen molar-refractivity contribution in [2.24, 2.45) is 0 Å². The first-order chi connectivity index (χ1) is 6.32. The van der Waals surface area contributed by atoms with E-state index in [1.165, 1.54) is 0 Å². The summed E-state index contributed by atoms with van der Waals surface area (Å²) in [6.07, 6.45) is -4.93. The van der Waals surface area contributed by atoms with Crippen LogP contribution < -0.4 is 0 Å². The van der Waals surface area contributed by atoms with Crippen LogP contribution in [-0.2, 0) is 6.18 Å². The summed E-state index contributed by atoms with van der Waals surface area (Å²) < 4.78 is 60.6. The third-order valence-electron chi connectivity index (χ3n) is 1.50. The molecule has 0 radical (unpaired) electrons. The second kappa shape index (κ2) is 3.36. The summed E-state index contributed by atoms with van der Waals surface area (Å²) in [7, 11) is 0. The molecule has 0 aliphatic heterocycles. The molecule has 0 N–H and O–H groups in total. The van der Waals surface area contributed by atoms with Crippen molar-refractivity contribution in [1.82, 2.24) is 0 Å². The maximum absolute atomic E-state index is 12.6. The average molecular weight is 210 g/mol. The maximum atomic E-state index is 12.6. The van der Waals surface area contributed by atoms with Gasteiger partial charge >= 0.3 is 12.2 Å². The molecule has 1 rings (SSSR count). The fraction of sp³-hybridized carbons (Fsp3) is 0.125. The molecule has 0 aliphatic rings. The highest BCUT2D eigenvalue weighted by Gasteiger charge is 2.34. The Bertz CT molecular complexity index is 368. The van der Waals surface area contributed by atoms with Gasteiger partial charge in [0.15, 0.2) is 0 Å². The van der Waals surface area contributed by atoms with Crippen molar-refractivity contribution in [2.75, 3.05) is 0 Å². The van der Waals surface area contributed by atoms with E-state index in [9.17, 15) is 26.7 Å². The number of carbonyl (C=O) groups excluding carboxylic acids is 1. The van der Waals surface area contributed by atoms with Crippen LogP contribution >= 0.6 is 0 Å². The normalized spacial score (nSPS) is 11.5. The molecule has 0 unspecified atom stereocenters. The van der Waals surface area contributed by atoms with Crippen LogP contribution in [0.4, 0.5) is 22.0 Å². The predicted octanol–water partition coefficient (Wildman–Crippen LogP) is 2.95. The van der Waals surface area contributed by atoms with Crippen LogP contribution in [0.1, 0.15) is 15.9 Å². The molecular formula is C8H3F5O. The second-order valence-electron chi connectivity index (χ2n) is 2.47. The standard InChI is InChI=1S/C8H3F5O/c9-6-2-1-4(7(10)14)3-5(6)8(11,12)13/h1-3H. The maximum Gasteiger partial charge on any atom is 0.419 e. The molecule has 0 atom stereocenters. The first-order valence-electron chi connectivity index (χ1n) is 3.39. The van der Waals surface area contributed by atoms with E-state index in [1.54, 1.807) is 0 Å². The van der Waals surface area contributed by atoms with E-state index in [-0.39, 0.29) is 6.07 Å². The first-order valence-corrected chi connectivity index (χ1v) is 3.39. The Hall–Kier alpha value is -1.46. The fourth-order valence-corrected chi connectivity index (χ4v) is 0.865. The van der Waals surface area contributed by atoms with Gasteiger partial charge in [-0.05, 0) is 18.2 Å². The van der Waals surface area contributed by atoms with Crippen LogP contribution in [-0.4, -0.2) is 6.04 Å². The van der Waals surface area contributed by atoms with E-state index < -0.39 is 29.2 Å². The third kappa shape index (κ3) is 2.07. The summed E-state index contributed by atoms with van der Waals surface area (Å²) in [5.41, 5.74) is -2.47. The fourth-order valence-electron chi connectivity index (χ4n) is 0.865. The number of halogens is 5. The lowest BCUT2D eigenvalue weighted by Gasteiger charge is -2.07. The zero-order valence-electron chi connectivity index (χ0n) is 6.53. The number of alkyl halides is 3. The van der Waals surface area contributed by atoms with Gasteiger partial charge in [0.2, 0.25) is 0 Å². The minimum atomic E-state index is -4.93. The lowest BCUT2D eigenvalue weighted by atomic mass is 10.1. The minimum absolute atomic E-state index is 0.137. The first kappa shape index (κ1) is 10.6. The summed E-state index contributed by atoms with van der Waals surface area (Å²) in [5.74, 6) is -1.54. The van der Waals surface area contributed by atoms with Gasteiger partial charge in [-0.15, -0.1) is 0 Å². The van der Waals surface area contributed by atoms with Crippen LogP contribution in [0.5, 0.6) is 0 Å². The summed E-state index contributed by atoms with van der Waals surface area (Å²) in [4.78, 5) is 10.1. The highest BCUT2D eigenvalue weighted by atomic mass is 19.4. The number of rotatable bonds is 1. The Morgan fingerprint density at radius 1 is 1.21 bits per heavy atom. The third-order valence-corrected chi connectivity index (χ3v) is 1.50. The molecule has 1 aromatic carbocycles. The van der Waals surface area contributed by atoms with Crippen molar-refractivity contribution in [3.8, 4) is 0 Å². The van der Waals surface area contributed by atoms with Crippen molar-refractivity contribution < 1.29 is 26.7 Å². The number of hydrogen-bond donors (Lipinski definition) is 0. The van der Waals surface area contributed by atoms with Crippen molar-refractivity contribution in [1.29, 1.82) is 0 Å². The van der Waals surface area contributed by atoms with Crippen LogP contribution in [0.25, 0.3) is 0 Å². The highest BCUT2D eigenvalue weighted by molar-refractivity contribution is 5.88. The Kier molecular flexibility index (Phi) is 2.55. The second-order valence-corrected chi connectivity index (χ2v) is 2.47. The van der Waals surface area contributed by atoms with Crippen molar-refractivity contribution in [3.05, 3.63) is 35.1 Å². The van der Waals surface area contributed by atoms with E-state index in [2.05, 4.69) is 0 Å². The zero-order valence-corrected chi connectivity index (χ0v) is 6.53. The van der Waals surface area contributed by atoms with Gasteiger partial charge in [-0.3, -0.25) is 4.79 Å². The molecule has 0 spiro atoms. The van der Waals surface area contributed by atoms with Crippen LogP contribution in [0.2, 0.25) is 0 Å². The average Bonchev–Trinajstić information content (AvgIpc) is 2.02. The van der Waals surface area contributed by atoms with Crippen molar-refractivity contribution in [3.63, 3.8) is 0 Å². The number of hydrogen-bond acceptors (Lipinski definition) is 1. The summed E-state index contributed by atoms with van der Waals surface area (Å²) >= 11 is 0. The van der Waals surface area contributed by atoms with Gasteiger partial charge in [0, 0.05) is 0 Å². The van der Waals surface area contributed by atoms with Gasteiger partial charge < -0.3 is 0 Å². The molecule has 0 heterocycles. The van der Waals surface area contributed by atoms with E-state index in [4.69, 9.17) is 0 Å². The van der Waals surface area contributed by atoms with Crippen LogP contribution in [0.15, 0.2) is 18.2 Å². The lowest BCUT2D eigenvalue weighted by molar-refractivity contribution is -0.140. The minimum Gasteiger partial charge on any atom is -0.255 e. The van der Waals surface area contributed by atoms with Gasteiger partial charge in [-0.25, -0.2) is 4.39 Å². The highest BCUT2D eigenvalue weighted by Crippen LogP contribution is 2.31. The van der Waals surface area contributed by atoms with Crippen molar-refractivity contribution >= 4 is 6.04 Å². The van der Waals surface area contributed by atoms with E-state index in [0.29, 0.717) is 12.1 Å². The topological polar surface area (TPSA) is 17.1 Å². The Balaban J connectivity index is 3.29. The van der Waals surface area contributed by atoms with Crippen LogP contribution in [0.3, 0.4) is 0 Å². The van der Waals surface area contributed by atoms with Crippen LogP contribution in [0, 0.1) is 5.82 Å². The van der Waals surface area contributed by atoms with Gasteiger partial charge in [0.1, 0.15) is 5.82 Å². The monoisotopic (exact) mass is 210 g/mol. The number of benzene rings is 1. The Morgan fingerprint density at radius 3 is 2.21 bits per heavy atom. The summed E-state index contributed by atoms with van der Waals surface area (Å²) in [6, 6.07) is -0.851. The molecule has 14 heavy (non-hydrogen) atoms. The van der Waals surface area contributed by atoms with E-state index >= 15 is 0 Å². The van der Waals surface area contributed by atoms with Crippen molar-refractivity contribution in [2.45, 2.75) is 6.18 Å². The molecule has 0 bridgehead atoms. The quantitative estimate of drug-likeness (QED) is 0.514. The molecule has 0 aliphatic carbocycles. The number of carbonyl (C=O) groups is 1. The van der Waals surface area contributed by atoms with Gasteiger partial charge in [-0.2, -0.15) is 17.6 Å². The molecule has 1 aromatic rings. The molecule has 6 heteroatoms. The summed E-state index contributed by atoms with van der Waals surface area (Å²) in [6.45, 7) is 0. The van der Waals surface area contributed by atoms with E-state index in [0.717, 1.165) is 0 Å². The van der Waals surface area contributed by atoms with Gasteiger partial charge in [0.05, 0.1) is 11.1 Å². The molecular weight excluding hydrogens is 207 g/mol. The molecule has 76 valence electrons. The molecule has 1 nitrogen and oxygen atoms in total. The zero-order chi connectivity index (χ0) is 10.9. The smallest absolute Gasteiger partial charge is 0.255 e. The SMILES string of the molecule is O=C(F)c1ccc(F)c(C(F)(F)F)c1. The molecule has 0 amide bonds. The Morgan fingerprint density at radius 2 is 1.79 bits per heavy atom. The molecule has 0 saturated carbocycles.